The van der Waals surface area contributed by atoms with Crippen LogP contribution in [-0.4, -0.2) is 30.1 Å². The summed E-state index contributed by atoms with van der Waals surface area (Å²) in [5, 5.41) is 10.9. The van der Waals surface area contributed by atoms with Crippen LogP contribution < -0.4 is 5.32 Å². The number of unbranched alkanes of at least 4 members (excludes halogenated alkanes) is 1. The molecule has 0 bridgehead atoms. The van der Waals surface area contributed by atoms with Crippen LogP contribution in [0.5, 0.6) is 0 Å². The van der Waals surface area contributed by atoms with E-state index in [4.69, 9.17) is 5.11 Å². The lowest BCUT2D eigenvalue weighted by Gasteiger charge is -2.09. The maximum absolute atomic E-state index is 13.2. The number of aliphatic carboxylic acids is 1. The van der Waals surface area contributed by atoms with Crippen molar-refractivity contribution < 1.29 is 28.6 Å². The van der Waals surface area contributed by atoms with E-state index in [1.165, 1.54) is 13.2 Å². The number of carbonyl (C=O) groups is 3. The van der Waals surface area contributed by atoms with Gasteiger partial charge in [0.1, 0.15) is 5.82 Å². The smallest absolute Gasteiger partial charge is 0.339 e. The van der Waals surface area contributed by atoms with Gasteiger partial charge in [-0.25, -0.2) is 9.18 Å². The summed E-state index contributed by atoms with van der Waals surface area (Å²) in [6.45, 7) is 0. The molecule has 0 saturated heterocycles. The van der Waals surface area contributed by atoms with Gasteiger partial charge in [-0.15, -0.1) is 0 Å². The first kappa shape index (κ1) is 16.6. The summed E-state index contributed by atoms with van der Waals surface area (Å²) in [6.07, 6.45) is 0.835. The maximum Gasteiger partial charge on any atom is 0.339 e. The number of amides is 1. The van der Waals surface area contributed by atoms with Crippen molar-refractivity contribution in [1.29, 1.82) is 0 Å². The van der Waals surface area contributed by atoms with Crippen molar-refractivity contribution in [3.8, 4) is 0 Å². The number of hydrogen-bond donors (Lipinski definition) is 2. The number of hydrogen-bond acceptors (Lipinski definition) is 4. The molecule has 114 valence electrons. The van der Waals surface area contributed by atoms with E-state index in [1.807, 2.05) is 0 Å². The van der Waals surface area contributed by atoms with Gasteiger partial charge in [-0.05, 0) is 31.0 Å². The molecule has 1 aromatic carbocycles. The van der Waals surface area contributed by atoms with Gasteiger partial charge in [0, 0.05) is 12.8 Å². The van der Waals surface area contributed by atoms with E-state index in [0.717, 1.165) is 12.1 Å². The summed E-state index contributed by atoms with van der Waals surface area (Å²) in [6, 6.07) is 3.34. The molecule has 21 heavy (non-hydrogen) atoms. The van der Waals surface area contributed by atoms with Gasteiger partial charge in [-0.3, -0.25) is 9.59 Å². The Labute approximate surface area is 120 Å². The molecule has 1 amide bonds. The van der Waals surface area contributed by atoms with Gasteiger partial charge in [0.05, 0.1) is 18.4 Å². The predicted molar refractivity (Wildman–Crippen MR) is 72.5 cm³/mol. The second-order valence-corrected chi connectivity index (χ2v) is 4.33. The lowest BCUT2D eigenvalue weighted by atomic mass is 10.1. The summed E-state index contributed by atoms with van der Waals surface area (Å²) in [7, 11) is 1.18. The summed E-state index contributed by atoms with van der Waals surface area (Å²) < 4.78 is 17.7. The number of carboxylic acids is 1. The monoisotopic (exact) mass is 297 g/mol. The molecule has 0 aliphatic heterocycles. The lowest BCUT2D eigenvalue weighted by molar-refractivity contribution is -0.137. The van der Waals surface area contributed by atoms with Crippen LogP contribution in [0.4, 0.5) is 10.1 Å². The third-order valence-electron chi connectivity index (χ3n) is 2.71. The van der Waals surface area contributed by atoms with E-state index in [1.54, 1.807) is 0 Å². The van der Waals surface area contributed by atoms with E-state index in [-0.39, 0.29) is 24.1 Å². The Kier molecular flexibility index (Phi) is 6.32. The number of halogens is 1. The molecule has 0 atom stereocenters. The number of carboxylic acid groups (broad SMARTS) is 1. The Morgan fingerprint density at radius 2 is 1.90 bits per heavy atom. The Hall–Kier alpha value is -2.44. The highest BCUT2D eigenvalue weighted by atomic mass is 19.1. The van der Waals surface area contributed by atoms with Gasteiger partial charge in [-0.1, -0.05) is 0 Å². The van der Waals surface area contributed by atoms with Gasteiger partial charge in [0.15, 0.2) is 0 Å². The highest BCUT2D eigenvalue weighted by Crippen LogP contribution is 2.19. The fourth-order valence-electron chi connectivity index (χ4n) is 1.68. The second-order valence-electron chi connectivity index (χ2n) is 4.33. The molecule has 0 fully saturated rings. The second kappa shape index (κ2) is 7.98. The fraction of sp³-hybridized carbons (Fsp3) is 0.357. The Balaban J connectivity index is 2.64. The van der Waals surface area contributed by atoms with Crippen LogP contribution in [0, 0.1) is 5.82 Å². The van der Waals surface area contributed by atoms with Gasteiger partial charge in [0.2, 0.25) is 5.91 Å². The van der Waals surface area contributed by atoms with Gasteiger partial charge in [0.25, 0.3) is 0 Å². The fourth-order valence-corrected chi connectivity index (χ4v) is 1.68. The van der Waals surface area contributed by atoms with Crippen LogP contribution in [0.3, 0.4) is 0 Å². The predicted octanol–water partition coefficient (Wildman–Crippen LogP) is 2.20. The molecule has 0 spiro atoms. The number of nitrogens with one attached hydrogen (secondary N) is 1. The molecular weight excluding hydrogens is 281 g/mol. The minimum atomic E-state index is -0.923. The van der Waals surface area contributed by atoms with E-state index in [0.29, 0.717) is 12.8 Å². The van der Waals surface area contributed by atoms with E-state index >= 15 is 0 Å². The average molecular weight is 297 g/mol. The molecule has 0 aliphatic rings. The Morgan fingerprint density at radius 1 is 1.24 bits per heavy atom. The minimum Gasteiger partial charge on any atom is -0.481 e. The molecule has 0 heterocycles. The molecule has 0 saturated carbocycles. The summed E-state index contributed by atoms with van der Waals surface area (Å²) in [5.74, 6) is -2.62. The number of anilines is 1. The number of methoxy groups -OCH3 is 1. The molecule has 7 heteroatoms. The molecular formula is C14H16FNO5. The standard InChI is InChI=1S/C14H16FNO5/c1-21-14(20)10-7-6-9(15)8-11(10)16-12(17)4-2-3-5-13(18)19/h6-8H,2-5H2,1H3,(H,16,17)(H,18,19). The largest absolute Gasteiger partial charge is 0.481 e. The lowest BCUT2D eigenvalue weighted by Crippen LogP contribution is -2.15. The van der Waals surface area contributed by atoms with Crippen LogP contribution >= 0.6 is 0 Å². The maximum atomic E-state index is 13.2. The van der Waals surface area contributed by atoms with Crippen molar-refractivity contribution in [3.05, 3.63) is 29.6 Å². The first-order chi connectivity index (χ1) is 9.93. The van der Waals surface area contributed by atoms with Crippen molar-refractivity contribution in [1.82, 2.24) is 0 Å². The van der Waals surface area contributed by atoms with E-state index < -0.39 is 23.7 Å². The summed E-state index contributed by atoms with van der Waals surface area (Å²) in [4.78, 5) is 33.5. The van der Waals surface area contributed by atoms with Crippen molar-refractivity contribution in [2.45, 2.75) is 25.7 Å². The number of ether oxygens (including phenoxy) is 1. The minimum absolute atomic E-state index is 0.0132. The number of esters is 1. The topological polar surface area (TPSA) is 92.7 Å². The van der Waals surface area contributed by atoms with E-state index in [2.05, 4.69) is 10.1 Å². The normalized spacial score (nSPS) is 10.0. The number of benzene rings is 1. The van der Waals surface area contributed by atoms with Crippen molar-refractivity contribution >= 4 is 23.5 Å². The van der Waals surface area contributed by atoms with Crippen molar-refractivity contribution in [2.24, 2.45) is 0 Å². The number of carbonyl (C=O) groups excluding carboxylic acids is 2. The molecule has 0 aromatic heterocycles. The highest BCUT2D eigenvalue weighted by molar-refractivity contribution is 6.01. The third-order valence-corrected chi connectivity index (χ3v) is 2.71. The van der Waals surface area contributed by atoms with Gasteiger partial charge < -0.3 is 15.2 Å². The van der Waals surface area contributed by atoms with Gasteiger partial charge in [-0.2, -0.15) is 0 Å². The first-order valence-corrected chi connectivity index (χ1v) is 6.33. The SMILES string of the molecule is COC(=O)c1ccc(F)cc1NC(=O)CCCCC(=O)O. The van der Waals surface area contributed by atoms with Crippen LogP contribution in [0.1, 0.15) is 36.0 Å². The third kappa shape index (κ3) is 5.60. The molecule has 0 unspecified atom stereocenters. The zero-order valence-corrected chi connectivity index (χ0v) is 11.5. The van der Waals surface area contributed by atoms with E-state index in [9.17, 15) is 18.8 Å². The number of rotatable bonds is 7. The molecule has 1 rings (SSSR count). The van der Waals surface area contributed by atoms with Crippen LogP contribution in [0.15, 0.2) is 18.2 Å². The highest BCUT2D eigenvalue weighted by Gasteiger charge is 2.14. The first-order valence-electron chi connectivity index (χ1n) is 6.33. The molecule has 0 radical (unpaired) electrons. The molecule has 2 N–H and O–H groups in total. The molecule has 0 aliphatic carbocycles. The summed E-state index contributed by atoms with van der Waals surface area (Å²) >= 11 is 0. The van der Waals surface area contributed by atoms with Gasteiger partial charge >= 0.3 is 11.9 Å². The Morgan fingerprint density at radius 3 is 2.52 bits per heavy atom. The van der Waals surface area contributed by atoms with Crippen LogP contribution in [0.25, 0.3) is 0 Å². The zero-order valence-electron chi connectivity index (χ0n) is 11.5. The van der Waals surface area contributed by atoms with Crippen molar-refractivity contribution in [3.63, 3.8) is 0 Å². The zero-order chi connectivity index (χ0) is 15.8. The quantitative estimate of drug-likeness (QED) is 0.594. The summed E-state index contributed by atoms with van der Waals surface area (Å²) in [5.41, 5.74) is 0.0860. The Bertz CT molecular complexity index is 544. The molecule has 1 aromatic rings. The van der Waals surface area contributed by atoms with Crippen LogP contribution in [-0.2, 0) is 14.3 Å². The van der Waals surface area contributed by atoms with Crippen LogP contribution in [0.2, 0.25) is 0 Å². The average Bonchev–Trinajstić information content (AvgIpc) is 2.43. The molecule has 6 nitrogen and oxygen atoms in total. The van der Waals surface area contributed by atoms with Crippen molar-refractivity contribution in [2.75, 3.05) is 12.4 Å².